The fraction of sp³-hybridized carbons (Fsp3) is 0.229. The largest absolute Gasteiger partial charge is 0.269 e. The van der Waals surface area contributed by atoms with Crippen LogP contribution in [0.2, 0.25) is 0 Å². The van der Waals surface area contributed by atoms with Crippen molar-refractivity contribution in [3.8, 4) is 0 Å². The van der Waals surface area contributed by atoms with E-state index in [1.807, 2.05) is 0 Å². The number of nitrogens with zero attached hydrogens (tertiary/aromatic N) is 1. The smallest absolute Gasteiger partial charge is 0.214 e. The van der Waals surface area contributed by atoms with E-state index in [4.69, 9.17) is 0 Å². The van der Waals surface area contributed by atoms with Gasteiger partial charge in [-0.1, -0.05) is 93.4 Å². The first-order chi connectivity index (χ1) is 18.3. The molecule has 0 amide bonds. The summed E-state index contributed by atoms with van der Waals surface area (Å²) in [5.41, 5.74) is 8.20. The second-order valence-corrected chi connectivity index (χ2v) is 10.2. The van der Waals surface area contributed by atoms with Crippen molar-refractivity contribution >= 4 is 44.3 Å². The van der Waals surface area contributed by atoms with Crippen LogP contribution < -0.4 is 4.90 Å². The zero-order chi connectivity index (χ0) is 25.2. The Hall–Kier alpha value is -3.75. The molecule has 0 saturated heterocycles. The fourth-order valence-electron chi connectivity index (χ4n) is 6.07. The van der Waals surface area contributed by atoms with Gasteiger partial charge in [0.15, 0.2) is 0 Å². The van der Waals surface area contributed by atoms with Gasteiger partial charge in [0.05, 0.1) is 22.9 Å². The molecule has 0 bridgehead atoms. The number of allylic oxidation sites excluding steroid dienone is 5. The third-order valence-electron chi connectivity index (χ3n) is 7.84. The molecule has 1 N–H and O–H groups in total. The molecule has 2 heteroatoms. The minimum absolute atomic E-state index is 1.05. The van der Waals surface area contributed by atoms with Gasteiger partial charge in [-0.15, -0.1) is 0 Å². The highest BCUT2D eigenvalue weighted by Crippen LogP contribution is 2.36. The summed E-state index contributed by atoms with van der Waals surface area (Å²) in [4.78, 5) is 1.50. The molecule has 0 spiro atoms. The molecule has 2 nitrogen and oxygen atoms in total. The maximum Gasteiger partial charge on any atom is 0.214 e. The summed E-state index contributed by atoms with van der Waals surface area (Å²) in [5, 5.41) is 5.48. The summed E-state index contributed by atoms with van der Waals surface area (Å²) in [6.07, 6.45) is 16.1. The lowest BCUT2D eigenvalue weighted by atomic mass is 10.0. The minimum atomic E-state index is 1.05. The molecule has 1 unspecified atom stereocenters. The highest BCUT2D eigenvalue weighted by atomic mass is 15.2. The monoisotopic (exact) mass is 484 g/mol. The average molecular weight is 485 g/mol. The summed E-state index contributed by atoms with van der Waals surface area (Å²) >= 11 is 0. The van der Waals surface area contributed by atoms with E-state index in [0.717, 1.165) is 13.1 Å². The van der Waals surface area contributed by atoms with Gasteiger partial charge in [0.25, 0.3) is 0 Å². The van der Waals surface area contributed by atoms with Gasteiger partial charge >= 0.3 is 0 Å². The van der Waals surface area contributed by atoms with Crippen molar-refractivity contribution in [3.05, 3.63) is 114 Å². The van der Waals surface area contributed by atoms with Crippen LogP contribution in [-0.2, 0) is 0 Å². The van der Waals surface area contributed by atoms with Gasteiger partial charge in [-0.3, -0.25) is 4.90 Å². The first kappa shape index (κ1) is 23.6. The molecule has 0 aromatic heterocycles. The summed E-state index contributed by atoms with van der Waals surface area (Å²) in [6, 6.07) is 26.8. The van der Waals surface area contributed by atoms with Crippen LogP contribution in [-0.4, -0.2) is 23.4 Å². The van der Waals surface area contributed by atoms with Crippen molar-refractivity contribution in [2.24, 2.45) is 0 Å². The third kappa shape index (κ3) is 4.16. The maximum absolute atomic E-state index is 2.51. The van der Waals surface area contributed by atoms with Gasteiger partial charge in [0.2, 0.25) is 11.4 Å². The molecule has 0 saturated carbocycles. The Morgan fingerprint density at radius 2 is 1.41 bits per heavy atom. The van der Waals surface area contributed by atoms with Crippen LogP contribution in [0.5, 0.6) is 0 Å². The van der Waals surface area contributed by atoms with Crippen LogP contribution in [0.4, 0.5) is 11.4 Å². The summed E-state index contributed by atoms with van der Waals surface area (Å²) in [5.74, 6) is 0. The van der Waals surface area contributed by atoms with E-state index in [0.29, 0.717) is 0 Å². The molecule has 6 rings (SSSR count). The molecule has 4 aromatic rings. The van der Waals surface area contributed by atoms with E-state index in [1.54, 1.807) is 0 Å². The minimum Gasteiger partial charge on any atom is -0.269 e. The lowest BCUT2D eigenvalue weighted by Gasteiger charge is -2.15. The van der Waals surface area contributed by atoms with Gasteiger partial charge in [0.1, 0.15) is 17.9 Å². The number of hydrogen-bond donors (Lipinski definition) is 1. The topological polar surface area (TPSA) is 7.45 Å². The molecule has 184 valence electrons. The van der Waals surface area contributed by atoms with Crippen molar-refractivity contribution in [1.29, 1.82) is 0 Å². The van der Waals surface area contributed by atoms with Crippen molar-refractivity contribution in [2.45, 2.75) is 39.5 Å². The normalized spacial score (nSPS) is 17.6. The van der Waals surface area contributed by atoms with E-state index < -0.39 is 0 Å². The molecule has 2 heterocycles. The lowest BCUT2D eigenvalue weighted by Crippen LogP contribution is -3.03. The van der Waals surface area contributed by atoms with Crippen molar-refractivity contribution in [1.82, 2.24) is 0 Å². The second-order valence-electron chi connectivity index (χ2n) is 10.2. The van der Waals surface area contributed by atoms with Crippen molar-refractivity contribution < 1.29 is 9.48 Å². The van der Waals surface area contributed by atoms with Gasteiger partial charge in [-0.25, -0.2) is 0 Å². The predicted molar refractivity (Wildman–Crippen MR) is 158 cm³/mol. The Labute approximate surface area is 220 Å². The average Bonchev–Trinajstić information content (AvgIpc) is 3.41. The highest BCUT2D eigenvalue weighted by molar-refractivity contribution is 6.19. The fourth-order valence-corrected chi connectivity index (χ4v) is 6.07. The van der Waals surface area contributed by atoms with E-state index in [-0.39, 0.29) is 0 Å². The molecule has 0 radical (unpaired) electrons. The lowest BCUT2D eigenvalue weighted by molar-refractivity contribution is -0.749. The number of unbranched alkanes of at least 4 members (excludes halogenated alkanes) is 2. The van der Waals surface area contributed by atoms with E-state index in [2.05, 4.69) is 122 Å². The molecule has 4 aromatic carbocycles. The van der Waals surface area contributed by atoms with Gasteiger partial charge in [-0.05, 0) is 29.3 Å². The summed E-state index contributed by atoms with van der Waals surface area (Å²) < 4.78 is 2.51. The Morgan fingerprint density at radius 3 is 2.19 bits per heavy atom. The van der Waals surface area contributed by atoms with E-state index >= 15 is 0 Å². The van der Waals surface area contributed by atoms with Crippen LogP contribution in [0.1, 0.15) is 50.7 Å². The highest BCUT2D eigenvalue weighted by Gasteiger charge is 2.31. The maximum atomic E-state index is 2.51. The molecular formula is C35H36N2+2. The quantitative estimate of drug-likeness (QED) is 0.184. The first-order valence-electron chi connectivity index (χ1n) is 13.9. The number of benzene rings is 4. The van der Waals surface area contributed by atoms with E-state index in [9.17, 15) is 0 Å². The number of hydrogen-bond acceptors (Lipinski definition) is 0. The second kappa shape index (κ2) is 10.3. The molecule has 1 atom stereocenters. The molecular weight excluding hydrogens is 448 g/mol. The van der Waals surface area contributed by atoms with Crippen LogP contribution in [0.25, 0.3) is 27.2 Å². The zero-order valence-corrected chi connectivity index (χ0v) is 22.0. The van der Waals surface area contributed by atoms with E-state index in [1.165, 1.54) is 86.0 Å². The van der Waals surface area contributed by atoms with Crippen LogP contribution >= 0.6 is 0 Å². The zero-order valence-electron chi connectivity index (χ0n) is 22.0. The van der Waals surface area contributed by atoms with Crippen LogP contribution in [0.3, 0.4) is 0 Å². The standard InChI is InChI=1S/C35H35N2/c1-3-5-24-36-30(28-18-10-14-26-16-12-22-32(36)34(26)28)20-8-7-9-21-31-29-19-11-15-27-17-13-23-33(35(27)29)37(31)25-6-4-2/h7-23H,3-6,24-25H2,1-2H3/q+1/p+1. The van der Waals surface area contributed by atoms with Crippen LogP contribution in [0, 0.1) is 0 Å². The van der Waals surface area contributed by atoms with Crippen LogP contribution in [0.15, 0.2) is 103 Å². The predicted octanol–water partition coefficient (Wildman–Crippen LogP) is 7.72. The first-order valence-corrected chi connectivity index (χ1v) is 13.9. The third-order valence-corrected chi connectivity index (χ3v) is 7.84. The molecule has 37 heavy (non-hydrogen) atoms. The number of rotatable bonds is 9. The Bertz CT molecular complexity index is 1590. The SMILES string of the molecule is CCCC[N+]1=C(/C=C/C=C/C=C2/c3cccc4cccc(c34)[NH+]2CCCC)c2cccc3cccc1c23. The van der Waals surface area contributed by atoms with Gasteiger partial charge in [0, 0.05) is 36.3 Å². The van der Waals surface area contributed by atoms with Gasteiger partial charge < -0.3 is 0 Å². The van der Waals surface area contributed by atoms with Crippen molar-refractivity contribution in [3.63, 3.8) is 0 Å². The number of nitrogens with one attached hydrogen (secondary N) is 1. The van der Waals surface area contributed by atoms with Gasteiger partial charge in [-0.2, -0.15) is 4.58 Å². The summed E-state index contributed by atoms with van der Waals surface area (Å²) in [6.45, 7) is 6.73. The Morgan fingerprint density at radius 1 is 0.703 bits per heavy atom. The number of quaternary nitrogens is 1. The Kier molecular flexibility index (Phi) is 6.59. The summed E-state index contributed by atoms with van der Waals surface area (Å²) in [7, 11) is 0. The molecule has 0 fully saturated rings. The van der Waals surface area contributed by atoms with Crippen molar-refractivity contribution in [2.75, 3.05) is 13.1 Å². The Balaban J connectivity index is 1.32. The molecule has 2 aliphatic heterocycles. The molecule has 0 aliphatic carbocycles. The molecule has 2 aliphatic rings.